The van der Waals surface area contributed by atoms with Crippen molar-refractivity contribution in [1.29, 1.82) is 0 Å². The second-order valence-electron chi connectivity index (χ2n) is 7.00. The van der Waals surface area contributed by atoms with Crippen LogP contribution < -0.4 is 22.1 Å². The molecule has 0 bridgehead atoms. The summed E-state index contributed by atoms with van der Waals surface area (Å²) in [7, 11) is 0. The molecule has 162 valence electrons. The Bertz CT molecular complexity index is 892. The summed E-state index contributed by atoms with van der Waals surface area (Å²) in [5.74, 6) is -1.47. The fraction of sp³-hybridized carbons (Fsp3) is 0.381. The van der Waals surface area contributed by atoms with Crippen LogP contribution in [0.2, 0.25) is 5.02 Å². The Labute approximate surface area is 180 Å². The Balaban J connectivity index is 2.25. The molecule has 0 spiro atoms. The number of benzene rings is 1. The summed E-state index contributed by atoms with van der Waals surface area (Å²) in [6.07, 6.45) is 2.09. The molecule has 9 heteroatoms. The van der Waals surface area contributed by atoms with E-state index in [4.69, 9.17) is 23.1 Å². The van der Waals surface area contributed by atoms with Crippen molar-refractivity contribution in [2.45, 2.75) is 38.8 Å². The van der Waals surface area contributed by atoms with E-state index in [2.05, 4.69) is 15.6 Å². The van der Waals surface area contributed by atoms with Crippen LogP contribution in [-0.2, 0) is 4.79 Å². The number of nitrogens with one attached hydrogen (secondary N) is 2. The molecule has 6 N–H and O–H groups in total. The first-order valence-corrected chi connectivity index (χ1v) is 10.1. The van der Waals surface area contributed by atoms with Crippen molar-refractivity contribution in [3.63, 3.8) is 0 Å². The van der Waals surface area contributed by atoms with Gasteiger partial charge in [0.2, 0.25) is 11.7 Å². The van der Waals surface area contributed by atoms with Crippen molar-refractivity contribution in [1.82, 2.24) is 15.6 Å². The van der Waals surface area contributed by atoms with Gasteiger partial charge in [-0.15, -0.1) is 0 Å². The summed E-state index contributed by atoms with van der Waals surface area (Å²) in [4.78, 5) is 28.7. The Hall–Kier alpha value is -2.55. The minimum atomic E-state index is -0.703. The number of ketones is 1. The summed E-state index contributed by atoms with van der Waals surface area (Å²) in [6.45, 7) is 4.48. The van der Waals surface area contributed by atoms with Crippen LogP contribution in [0, 0.1) is 5.82 Å². The number of rotatable bonds is 10. The van der Waals surface area contributed by atoms with Crippen LogP contribution >= 0.6 is 11.6 Å². The predicted molar refractivity (Wildman–Crippen MR) is 116 cm³/mol. The maximum absolute atomic E-state index is 15.4. The van der Waals surface area contributed by atoms with Crippen molar-refractivity contribution in [3.05, 3.63) is 58.1 Å². The van der Waals surface area contributed by atoms with Gasteiger partial charge in [-0.3, -0.25) is 14.6 Å². The van der Waals surface area contributed by atoms with Gasteiger partial charge in [0.1, 0.15) is 11.5 Å². The first-order chi connectivity index (χ1) is 14.3. The zero-order chi connectivity index (χ0) is 22.3. The number of aromatic nitrogens is 1. The van der Waals surface area contributed by atoms with E-state index in [1.54, 1.807) is 6.07 Å². The Morgan fingerprint density at radius 3 is 2.60 bits per heavy atom. The van der Waals surface area contributed by atoms with Gasteiger partial charge in [0.15, 0.2) is 0 Å². The van der Waals surface area contributed by atoms with Gasteiger partial charge >= 0.3 is 0 Å². The van der Waals surface area contributed by atoms with Crippen LogP contribution in [0.15, 0.2) is 30.5 Å². The van der Waals surface area contributed by atoms with Gasteiger partial charge in [-0.05, 0) is 31.5 Å². The van der Waals surface area contributed by atoms with Crippen molar-refractivity contribution in [2.24, 2.45) is 5.73 Å². The fourth-order valence-electron chi connectivity index (χ4n) is 3.11. The minimum Gasteiger partial charge on any atom is -0.397 e. The van der Waals surface area contributed by atoms with Gasteiger partial charge in [0, 0.05) is 37.2 Å². The molecule has 30 heavy (non-hydrogen) atoms. The summed E-state index contributed by atoms with van der Waals surface area (Å²) < 4.78 is 15.4. The Kier molecular flexibility index (Phi) is 8.71. The van der Waals surface area contributed by atoms with Gasteiger partial charge in [-0.25, -0.2) is 4.39 Å². The third-order valence-corrected chi connectivity index (χ3v) is 4.91. The first kappa shape index (κ1) is 23.7. The molecular weight excluding hydrogens is 409 g/mol. The SMILES string of the molecule is CC[C@@H](N[C@@H](C)CC(=O)NCCN)c1ccc(Cl)c(C(=O)c2ccc(N)cn2)c1F. The van der Waals surface area contributed by atoms with Gasteiger partial charge in [0.25, 0.3) is 0 Å². The number of nitrogen functional groups attached to an aromatic ring is 1. The van der Waals surface area contributed by atoms with Crippen LogP contribution in [0.5, 0.6) is 0 Å². The predicted octanol–water partition coefficient (Wildman–Crippen LogP) is 2.58. The lowest BCUT2D eigenvalue weighted by atomic mass is 9.97. The Morgan fingerprint density at radius 1 is 1.27 bits per heavy atom. The van der Waals surface area contributed by atoms with Gasteiger partial charge in [-0.1, -0.05) is 24.6 Å². The number of hydrogen-bond acceptors (Lipinski definition) is 6. The standard InChI is InChI=1S/C21H27ClFN5O2/c1-3-16(28-12(2)10-18(29)26-9-8-24)14-5-6-15(22)19(20(14)23)21(30)17-7-4-13(25)11-27-17/h4-7,11-12,16,28H,3,8-10,24-25H2,1-2H3,(H,26,29)/t12-,16+/m0/s1. The highest BCUT2D eigenvalue weighted by Crippen LogP contribution is 2.30. The maximum Gasteiger partial charge on any atom is 0.221 e. The lowest BCUT2D eigenvalue weighted by Gasteiger charge is -2.24. The molecule has 1 amide bonds. The number of amides is 1. The second kappa shape index (κ2) is 11.0. The summed E-state index contributed by atoms with van der Waals surface area (Å²) in [6, 6.07) is 5.36. The van der Waals surface area contributed by atoms with E-state index in [-0.39, 0.29) is 34.6 Å². The van der Waals surface area contributed by atoms with Crippen molar-refractivity contribution in [2.75, 3.05) is 18.8 Å². The molecule has 2 atom stereocenters. The summed E-state index contributed by atoms with van der Waals surface area (Å²) in [5, 5.41) is 5.95. The molecule has 0 radical (unpaired) electrons. The molecule has 7 nitrogen and oxygen atoms in total. The van der Waals surface area contributed by atoms with Gasteiger partial charge < -0.3 is 22.1 Å². The van der Waals surface area contributed by atoms with Crippen LogP contribution in [0.3, 0.4) is 0 Å². The zero-order valence-corrected chi connectivity index (χ0v) is 17.8. The van der Waals surface area contributed by atoms with E-state index in [1.807, 2.05) is 13.8 Å². The summed E-state index contributed by atoms with van der Waals surface area (Å²) >= 11 is 6.15. The molecule has 1 aromatic heterocycles. The van der Waals surface area contributed by atoms with Crippen molar-refractivity contribution in [3.8, 4) is 0 Å². The molecule has 0 aliphatic rings. The zero-order valence-electron chi connectivity index (χ0n) is 17.0. The number of hydrogen-bond donors (Lipinski definition) is 4. The van der Waals surface area contributed by atoms with Gasteiger partial charge in [0.05, 0.1) is 22.5 Å². The third kappa shape index (κ3) is 5.98. The van der Waals surface area contributed by atoms with Gasteiger partial charge in [-0.2, -0.15) is 0 Å². The molecular formula is C21H27ClFN5O2. The normalized spacial score (nSPS) is 13.0. The number of nitrogens with zero attached hydrogens (tertiary/aromatic N) is 1. The van der Waals surface area contributed by atoms with E-state index in [1.165, 1.54) is 24.4 Å². The first-order valence-electron chi connectivity index (χ1n) is 9.75. The lowest BCUT2D eigenvalue weighted by Crippen LogP contribution is -2.37. The number of anilines is 1. The van der Waals surface area contributed by atoms with E-state index in [0.717, 1.165) is 0 Å². The molecule has 0 aliphatic heterocycles. The number of nitrogens with two attached hydrogens (primary N) is 2. The minimum absolute atomic E-state index is 0.00365. The average Bonchev–Trinajstić information content (AvgIpc) is 2.71. The quantitative estimate of drug-likeness (QED) is 0.425. The molecule has 1 heterocycles. The topological polar surface area (TPSA) is 123 Å². The number of carbonyl (C=O) groups excluding carboxylic acids is 2. The van der Waals surface area contributed by atoms with Crippen LogP contribution in [-0.4, -0.2) is 35.8 Å². The van der Waals surface area contributed by atoms with E-state index in [0.29, 0.717) is 30.8 Å². The molecule has 0 unspecified atom stereocenters. The molecule has 1 aromatic carbocycles. The fourth-order valence-corrected chi connectivity index (χ4v) is 3.34. The largest absolute Gasteiger partial charge is 0.397 e. The molecule has 0 fully saturated rings. The summed E-state index contributed by atoms with van der Waals surface area (Å²) in [5.41, 5.74) is 11.5. The van der Waals surface area contributed by atoms with Crippen molar-refractivity contribution >= 4 is 29.0 Å². The number of halogens is 2. The second-order valence-corrected chi connectivity index (χ2v) is 7.41. The Morgan fingerprint density at radius 2 is 2.00 bits per heavy atom. The van der Waals surface area contributed by atoms with Crippen LogP contribution in [0.25, 0.3) is 0 Å². The molecule has 0 saturated carbocycles. The number of pyridine rings is 1. The smallest absolute Gasteiger partial charge is 0.221 e. The molecule has 2 aromatic rings. The number of carbonyl (C=O) groups is 2. The van der Waals surface area contributed by atoms with E-state index >= 15 is 4.39 Å². The highest BCUT2D eigenvalue weighted by atomic mass is 35.5. The van der Waals surface area contributed by atoms with Crippen LogP contribution in [0.4, 0.5) is 10.1 Å². The molecule has 2 rings (SSSR count). The van der Waals surface area contributed by atoms with E-state index in [9.17, 15) is 9.59 Å². The molecule has 0 aliphatic carbocycles. The third-order valence-electron chi connectivity index (χ3n) is 4.59. The van der Waals surface area contributed by atoms with Crippen molar-refractivity contribution < 1.29 is 14.0 Å². The van der Waals surface area contributed by atoms with E-state index < -0.39 is 17.6 Å². The highest BCUT2D eigenvalue weighted by molar-refractivity contribution is 6.35. The lowest BCUT2D eigenvalue weighted by molar-refractivity contribution is -0.121. The monoisotopic (exact) mass is 435 g/mol. The maximum atomic E-state index is 15.4. The molecule has 0 saturated heterocycles. The van der Waals surface area contributed by atoms with Crippen LogP contribution in [0.1, 0.15) is 54.3 Å². The average molecular weight is 436 g/mol. The highest BCUT2D eigenvalue weighted by Gasteiger charge is 2.25.